The van der Waals surface area contributed by atoms with Gasteiger partial charge in [-0.1, -0.05) is 11.6 Å². The van der Waals surface area contributed by atoms with E-state index in [1.807, 2.05) is 0 Å². The van der Waals surface area contributed by atoms with Crippen molar-refractivity contribution in [2.75, 3.05) is 5.73 Å². The summed E-state index contributed by atoms with van der Waals surface area (Å²) >= 11 is 6.07. The SMILES string of the molecule is C[C@H](NC(=O)O)c1nc2c(F)ccc(Cl)c2c(=O)n1-c1ccc(N)nc1. The van der Waals surface area contributed by atoms with Crippen molar-refractivity contribution in [1.82, 2.24) is 19.9 Å². The van der Waals surface area contributed by atoms with Crippen LogP contribution in [-0.2, 0) is 0 Å². The van der Waals surface area contributed by atoms with Crippen molar-refractivity contribution in [2.45, 2.75) is 13.0 Å². The molecule has 0 saturated carbocycles. The number of nitrogen functional groups attached to an aromatic ring is 1. The highest BCUT2D eigenvalue weighted by Crippen LogP contribution is 2.24. The molecule has 0 spiro atoms. The first-order valence-electron chi connectivity index (χ1n) is 7.41. The Morgan fingerprint density at radius 2 is 2.12 bits per heavy atom. The maximum absolute atomic E-state index is 14.2. The van der Waals surface area contributed by atoms with Gasteiger partial charge < -0.3 is 16.2 Å². The average Bonchev–Trinajstić information content (AvgIpc) is 2.58. The molecule has 3 rings (SSSR count). The van der Waals surface area contributed by atoms with E-state index in [9.17, 15) is 14.0 Å². The Morgan fingerprint density at radius 3 is 2.73 bits per heavy atom. The maximum atomic E-state index is 14.2. The summed E-state index contributed by atoms with van der Waals surface area (Å²) in [5, 5.41) is 11.1. The number of hydrogen-bond acceptors (Lipinski definition) is 5. The molecule has 0 aliphatic carbocycles. The number of halogens is 2. The molecule has 0 radical (unpaired) electrons. The number of nitrogens with one attached hydrogen (secondary N) is 1. The maximum Gasteiger partial charge on any atom is 0.405 e. The number of benzene rings is 1. The minimum absolute atomic E-state index is 0.0161. The zero-order valence-corrected chi connectivity index (χ0v) is 14.2. The average molecular weight is 378 g/mol. The highest BCUT2D eigenvalue weighted by Gasteiger charge is 2.22. The fourth-order valence-electron chi connectivity index (χ4n) is 2.55. The van der Waals surface area contributed by atoms with Crippen molar-refractivity contribution in [2.24, 2.45) is 0 Å². The molecule has 3 aromatic rings. The van der Waals surface area contributed by atoms with E-state index < -0.39 is 23.5 Å². The van der Waals surface area contributed by atoms with Crippen molar-refractivity contribution >= 4 is 34.4 Å². The van der Waals surface area contributed by atoms with E-state index >= 15 is 0 Å². The Morgan fingerprint density at radius 1 is 1.38 bits per heavy atom. The van der Waals surface area contributed by atoms with Gasteiger partial charge in [-0.15, -0.1) is 0 Å². The number of pyridine rings is 1. The van der Waals surface area contributed by atoms with Crippen LogP contribution in [0.5, 0.6) is 0 Å². The lowest BCUT2D eigenvalue weighted by Gasteiger charge is -2.18. The molecule has 2 aromatic heterocycles. The summed E-state index contributed by atoms with van der Waals surface area (Å²) in [4.78, 5) is 32.1. The number of fused-ring (bicyclic) bond motifs is 1. The lowest BCUT2D eigenvalue weighted by atomic mass is 10.2. The molecule has 1 atom stereocenters. The molecule has 0 aliphatic rings. The van der Waals surface area contributed by atoms with Gasteiger partial charge in [-0.2, -0.15) is 0 Å². The Hall–Kier alpha value is -3.20. The summed E-state index contributed by atoms with van der Waals surface area (Å²) in [6.45, 7) is 1.48. The second-order valence-corrected chi connectivity index (χ2v) is 5.88. The zero-order valence-electron chi connectivity index (χ0n) is 13.4. The van der Waals surface area contributed by atoms with E-state index in [1.165, 1.54) is 31.3 Å². The third kappa shape index (κ3) is 3.04. The molecule has 8 nitrogen and oxygen atoms in total. The van der Waals surface area contributed by atoms with Crippen molar-refractivity contribution in [3.63, 3.8) is 0 Å². The zero-order chi connectivity index (χ0) is 19.0. The summed E-state index contributed by atoms with van der Waals surface area (Å²) in [6.07, 6.45) is 0.00873. The molecule has 0 fully saturated rings. The number of hydrogen-bond donors (Lipinski definition) is 3. The van der Waals surface area contributed by atoms with E-state index in [2.05, 4.69) is 15.3 Å². The normalized spacial score (nSPS) is 12.1. The van der Waals surface area contributed by atoms with Gasteiger partial charge >= 0.3 is 6.09 Å². The highest BCUT2D eigenvalue weighted by atomic mass is 35.5. The number of aromatic nitrogens is 3. The summed E-state index contributed by atoms with van der Waals surface area (Å²) in [5.41, 5.74) is 4.96. The minimum atomic E-state index is -1.32. The number of carboxylic acid groups (broad SMARTS) is 1. The molecule has 0 bridgehead atoms. The highest BCUT2D eigenvalue weighted by molar-refractivity contribution is 6.35. The van der Waals surface area contributed by atoms with Crippen LogP contribution in [-0.4, -0.2) is 25.7 Å². The topological polar surface area (TPSA) is 123 Å². The van der Waals surface area contributed by atoms with E-state index in [0.717, 1.165) is 10.6 Å². The summed E-state index contributed by atoms with van der Waals surface area (Å²) in [5.74, 6) is -0.525. The van der Waals surface area contributed by atoms with E-state index in [-0.39, 0.29) is 33.3 Å². The second kappa shape index (κ2) is 6.60. The molecular formula is C16H13ClFN5O3. The lowest BCUT2D eigenvalue weighted by molar-refractivity contribution is 0.190. The van der Waals surface area contributed by atoms with E-state index in [1.54, 1.807) is 0 Å². The van der Waals surface area contributed by atoms with Crippen LogP contribution in [0.2, 0.25) is 5.02 Å². The largest absolute Gasteiger partial charge is 0.465 e. The number of nitrogens with two attached hydrogens (primary N) is 1. The van der Waals surface area contributed by atoms with Crippen LogP contribution in [0.15, 0.2) is 35.3 Å². The molecule has 134 valence electrons. The third-order valence-corrected chi connectivity index (χ3v) is 4.02. The van der Waals surface area contributed by atoms with Crippen LogP contribution < -0.4 is 16.6 Å². The van der Waals surface area contributed by atoms with Crippen molar-refractivity contribution in [3.05, 3.63) is 57.5 Å². The van der Waals surface area contributed by atoms with Gasteiger partial charge in [-0.05, 0) is 31.2 Å². The Balaban J connectivity index is 2.40. The van der Waals surface area contributed by atoms with Gasteiger partial charge in [-0.3, -0.25) is 9.36 Å². The fourth-order valence-corrected chi connectivity index (χ4v) is 2.79. The number of amides is 1. The number of carbonyl (C=O) groups is 1. The van der Waals surface area contributed by atoms with Crippen LogP contribution in [0, 0.1) is 5.82 Å². The van der Waals surface area contributed by atoms with E-state index in [0.29, 0.717) is 0 Å². The first-order valence-corrected chi connectivity index (χ1v) is 7.79. The van der Waals surface area contributed by atoms with Gasteiger partial charge in [0.05, 0.1) is 28.3 Å². The molecule has 0 unspecified atom stereocenters. The Bertz CT molecular complexity index is 1070. The van der Waals surface area contributed by atoms with Gasteiger partial charge in [0.2, 0.25) is 0 Å². The quantitative estimate of drug-likeness (QED) is 0.644. The molecule has 26 heavy (non-hydrogen) atoms. The minimum Gasteiger partial charge on any atom is -0.465 e. The number of rotatable bonds is 3. The van der Waals surface area contributed by atoms with Crippen LogP contribution >= 0.6 is 11.6 Å². The van der Waals surface area contributed by atoms with Crippen LogP contribution in [0.25, 0.3) is 16.6 Å². The first-order chi connectivity index (χ1) is 12.3. The predicted molar refractivity (Wildman–Crippen MR) is 94.1 cm³/mol. The molecule has 4 N–H and O–H groups in total. The van der Waals surface area contributed by atoms with Crippen LogP contribution in [0.3, 0.4) is 0 Å². The predicted octanol–water partition coefficient (Wildman–Crippen LogP) is 2.48. The van der Waals surface area contributed by atoms with Gasteiger partial charge in [0, 0.05) is 0 Å². The molecule has 1 aromatic carbocycles. The Kier molecular flexibility index (Phi) is 4.47. The lowest BCUT2D eigenvalue weighted by Crippen LogP contribution is -2.32. The van der Waals surface area contributed by atoms with Gasteiger partial charge in [0.1, 0.15) is 23.0 Å². The van der Waals surface area contributed by atoms with Crippen LogP contribution in [0.4, 0.5) is 15.0 Å². The number of anilines is 1. The van der Waals surface area contributed by atoms with Gasteiger partial charge in [-0.25, -0.2) is 19.2 Å². The van der Waals surface area contributed by atoms with E-state index in [4.69, 9.17) is 22.4 Å². The summed E-state index contributed by atoms with van der Waals surface area (Å²) in [6, 6.07) is 4.41. The molecule has 0 aliphatic heterocycles. The molecular weight excluding hydrogens is 365 g/mol. The second-order valence-electron chi connectivity index (χ2n) is 5.48. The molecule has 1 amide bonds. The first kappa shape index (κ1) is 17.6. The van der Waals surface area contributed by atoms with Crippen molar-refractivity contribution in [1.29, 1.82) is 0 Å². The molecule has 2 heterocycles. The monoisotopic (exact) mass is 377 g/mol. The molecule has 0 saturated heterocycles. The summed E-state index contributed by atoms with van der Waals surface area (Å²) < 4.78 is 15.3. The molecule has 10 heteroatoms. The van der Waals surface area contributed by atoms with Crippen molar-refractivity contribution in [3.8, 4) is 5.69 Å². The Labute approximate surface area is 151 Å². The number of nitrogens with zero attached hydrogens (tertiary/aromatic N) is 3. The standard InChI is InChI=1S/C16H13ClFN5O3/c1-7(21-16(25)26)14-22-13-10(18)4-3-9(17)12(13)15(24)23(14)8-2-5-11(19)20-6-8/h2-7,21H,1H3,(H2,19,20)(H,25,26)/t7-/m0/s1. The van der Waals surface area contributed by atoms with Crippen LogP contribution in [0.1, 0.15) is 18.8 Å². The van der Waals surface area contributed by atoms with Gasteiger partial charge in [0.15, 0.2) is 0 Å². The third-order valence-electron chi connectivity index (χ3n) is 3.71. The van der Waals surface area contributed by atoms with Crippen molar-refractivity contribution < 1.29 is 14.3 Å². The van der Waals surface area contributed by atoms with Gasteiger partial charge in [0.25, 0.3) is 5.56 Å². The summed E-state index contributed by atoms with van der Waals surface area (Å²) in [7, 11) is 0. The smallest absolute Gasteiger partial charge is 0.405 e. The fraction of sp³-hybridized carbons (Fsp3) is 0.125.